The van der Waals surface area contributed by atoms with Crippen LogP contribution in [0.4, 0.5) is 0 Å². The van der Waals surface area contributed by atoms with Crippen molar-refractivity contribution in [3.05, 3.63) is 108 Å². The van der Waals surface area contributed by atoms with Gasteiger partial charge in [0.25, 0.3) is 0 Å². The maximum atomic E-state index is 3.16. The van der Waals surface area contributed by atoms with Gasteiger partial charge in [-0.25, -0.2) is 0 Å². The first-order valence-corrected chi connectivity index (χ1v) is 10.2. The van der Waals surface area contributed by atoms with Gasteiger partial charge >= 0.3 is 37.3 Å². The van der Waals surface area contributed by atoms with Crippen molar-refractivity contribution in [2.24, 2.45) is 0 Å². The topological polar surface area (TPSA) is 9.72 Å². The summed E-state index contributed by atoms with van der Waals surface area (Å²) < 4.78 is 0. The second kappa shape index (κ2) is 18.4. The molecule has 0 saturated carbocycles. The van der Waals surface area contributed by atoms with Crippen LogP contribution in [0, 0.1) is 55.5 Å². The zero-order valence-electron chi connectivity index (χ0n) is 19.7. The largest absolute Gasteiger partial charge is 3.00 e. The molecule has 171 valence electrons. The van der Waals surface area contributed by atoms with E-state index < -0.39 is 0 Å². The Morgan fingerprint density at radius 3 is 0.903 bits per heavy atom. The summed E-state index contributed by atoms with van der Waals surface area (Å²) in [4.78, 5) is 6.39. The minimum absolute atomic E-state index is 0. The number of hydrogen-bond acceptors (Lipinski definition) is 3. The summed E-state index contributed by atoms with van der Waals surface area (Å²) in [5.41, 5.74) is 3.73. The maximum absolute atomic E-state index is 3.16. The van der Waals surface area contributed by atoms with Crippen LogP contribution >= 0.6 is 0 Å². The predicted octanol–water partition coefficient (Wildman–Crippen LogP) is 4.65. The van der Waals surface area contributed by atoms with Gasteiger partial charge in [-0.05, 0) is 42.3 Å². The van der Waals surface area contributed by atoms with E-state index in [4.69, 9.17) is 0 Å². The average Bonchev–Trinajstić information content (AvgIpc) is 2.70. The molecular formula is C27H36ErN3. The second-order valence-corrected chi connectivity index (χ2v) is 7.88. The first-order chi connectivity index (χ1) is 14.4. The van der Waals surface area contributed by atoms with Crippen molar-refractivity contribution >= 4 is 0 Å². The fraction of sp³-hybridized carbons (Fsp3) is 0.333. The maximum Gasteiger partial charge on any atom is 3.00 e. The van der Waals surface area contributed by atoms with Gasteiger partial charge in [-0.2, -0.15) is 91.0 Å². The molecule has 0 saturated heterocycles. The van der Waals surface area contributed by atoms with Gasteiger partial charge in [0.05, 0.1) is 0 Å². The Morgan fingerprint density at radius 2 is 0.742 bits per heavy atom. The molecule has 0 fully saturated rings. The first-order valence-electron chi connectivity index (χ1n) is 10.2. The fourth-order valence-corrected chi connectivity index (χ4v) is 2.61. The van der Waals surface area contributed by atoms with E-state index in [0.717, 1.165) is 19.6 Å². The first kappa shape index (κ1) is 29.8. The van der Waals surface area contributed by atoms with Gasteiger partial charge in [-0.1, -0.05) is 0 Å². The van der Waals surface area contributed by atoms with Crippen LogP contribution in [0.25, 0.3) is 0 Å². The van der Waals surface area contributed by atoms with Crippen molar-refractivity contribution in [3.63, 3.8) is 0 Å². The molecule has 0 aliphatic rings. The van der Waals surface area contributed by atoms with Crippen LogP contribution in [0.5, 0.6) is 0 Å². The molecular weight excluding hydrogens is 534 g/mol. The van der Waals surface area contributed by atoms with Crippen LogP contribution in [-0.4, -0.2) is 57.0 Å². The van der Waals surface area contributed by atoms with E-state index in [-0.39, 0.29) is 37.3 Å². The van der Waals surface area contributed by atoms with E-state index in [1.165, 1.54) is 16.7 Å². The number of rotatable bonds is 6. The molecule has 3 aromatic carbocycles. The van der Waals surface area contributed by atoms with E-state index >= 15 is 0 Å². The normalized spacial score (nSPS) is 9.97. The van der Waals surface area contributed by atoms with E-state index in [1.807, 2.05) is 54.6 Å². The molecule has 3 rings (SSSR count). The van der Waals surface area contributed by atoms with Crippen LogP contribution in [0.3, 0.4) is 0 Å². The quantitative estimate of drug-likeness (QED) is 0.401. The Hall–Kier alpha value is -1.21. The molecule has 0 amide bonds. The molecule has 0 heterocycles. The van der Waals surface area contributed by atoms with Gasteiger partial charge in [-0.3, -0.25) is 0 Å². The summed E-state index contributed by atoms with van der Waals surface area (Å²) in [7, 11) is 12.3. The van der Waals surface area contributed by atoms with Crippen LogP contribution < -0.4 is 0 Å². The Balaban J connectivity index is 0.000000429. The van der Waals surface area contributed by atoms with E-state index in [2.05, 4.69) is 93.4 Å². The van der Waals surface area contributed by atoms with Gasteiger partial charge in [0.15, 0.2) is 0 Å². The van der Waals surface area contributed by atoms with E-state index in [9.17, 15) is 0 Å². The van der Waals surface area contributed by atoms with Crippen molar-refractivity contribution in [2.45, 2.75) is 19.6 Å². The average molecular weight is 570 g/mol. The molecule has 3 aromatic rings. The molecule has 0 unspecified atom stereocenters. The van der Waals surface area contributed by atoms with E-state index in [1.54, 1.807) is 0 Å². The molecule has 1 radical (unpaired) electrons. The molecule has 0 bridgehead atoms. The molecule has 0 aliphatic heterocycles. The third-order valence-electron chi connectivity index (χ3n) is 3.78. The van der Waals surface area contributed by atoms with Crippen LogP contribution in [0.1, 0.15) is 16.7 Å². The smallest absolute Gasteiger partial charge is 0.307 e. The van der Waals surface area contributed by atoms with Crippen LogP contribution in [0.2, 0.25) is 0 Å². The summed E-state index contributed by atoms with van der Waals surface area (Å²) in [6.07, 6.45) is 0. The molecule has 0 atom stereocenters. The Labute approximate surface area is 220 Å². The summed E-state index contributed by atoms with van der Waals surface area (Å²) in [5.74, 6) is 0. The molecule has 3 nitrogen and oxygen atoms in total. The summed E-state index contributed by atoms with van der Waals surface area (Å²) in [6.45, 7) is 2.92. The third-order valence-corrected chi connectivity index (χ3v) is 3.78. The standard InChI is InChI=1S/3C9H12N.Er/c3*1-10(2)8-9-6-4-3-5-7-9;/h3*3-6H,8H2,1-2H3;/q3*-1;+3. The molecule has 0 N–H and O–H groups in total. The number of benzene rings is 3. The molecule has 4 heteroatoms. The van der Waals surface area contributed by atoms with Gasteiger partial charge in [0.2, 0.25) is 0 Å². The van der Waals surface area contributed by atoms with Crippen molar-refractivity contribution in [2.75, 3.05) is 42.3 Å². The third kappa shape index (κ3) is 17.1. The fourth-order valence-electron chi connectivity index (χ4n) is 2.61. The monoisotopic (exact) mass is 568 g/mol. The number of hydrogen-bond donors (Lipinski definition) is 0. The van der Waals surface area contributed by atoms with Crippen LogP contribution in [-0.2, 0) is 19.6 Å². The van der Waals surface area contributed by atoms with Crippen molar-refractivity contribution in [1.82, 2.24) is 14.7 Å². The summed E-state index contributed by atoms with van der Waals surface area (Å²) in [5, 5.41) is 0. The van der Waals surface area contributed by atoms with Gasteiger partial charge in [0, 0.05) is 19.6 Å². The van der Waals surface area contributed by atoms with Gasteiger partial charge in [-0.15, -0.1) is 16.7 Å². The summed E-state index contributed by atoms with van der Waals surface area (Å²) >= 11 is 0. The SMILES string of the molecule is CN(C)Cc1[c-]cccc1.CN(C)Cc1[c-]cccc1.CN(C)Cc1[c-]cccc1.[Er+3]. The Morgan fingerprint density at radius 1 is 0.484 bits per heavy atom. The van der Waals surface area contributed by atoms with Crippen molar-refractivity contribution in [3.8, 4) is 0 Å². The predicted molar refractivity (Wildman–Crippen MR) is 128 cm³/mol. The Kier molecular flexibility index (Phi) is 17.6. The second-order valence-electron chi connectivity index (χ2n) is 7.88. The van der Waals surface area contributed by atoms with Gasteiger partial charge in [0.1, 0.15) is 0 Å². The van der Waals surface area contributed by atoms with E-state index in [0.29, 0.717) is 0 Å². The zero-order valence-corrected chi connectivity index (χ0v) is 21.5. The minimum atomic E-state index is 0. The van der Waals surface area contributed by atoms with Crippen molar-refractivity contribution < 1.29 is 37.3 Å². The zero-order chi connectivity index (χ0) is 22.2. The molecule has 0 aromatic heterocycles. The molecule has 31 heavy (non-hydrogen) atoms. The summed E-state index contributed by atoms with van der Waals surface area (Å²) in [6, 6.07) is 33.6. The number of nitrogens with zero attached hydrogens (tertiary/aromatic N) is 3. The molecule has 0 aliphatic carbocycles. The van der Waals surface area contributed by atoms with Crippen molar-refractivity contribution in [1.29, 1.82) is 0 Å². The Bertz CT molecular complexity index is 652. The van der Waals surface area contributed by atoms with Gasteiger partial charge < -0.3 is 14.7 Å². The van der Waals surface area contributed by atoms with Crippen LogP contribution in [0.15, 0.2) is 72.8 Å². The minimum Gasteiger partial charge on any atom is -0.307 e. The molecule has 0 spiro atoms.